The molecule has 2 rings (SSSR count). The molecule has 2 aromatic rings. The lowest BCUT2D eigenvalue weighted by molar-refractivity contribution is -0.136. The first-order valence-corrected chi connectivity index (χ1v) is 9.20. The van der Waals surface area contributed by atoms with Crippen LogP contribution in [-0.2, 0) is 22.6 Å². The van der Waals surface area contributed by atoms with E-state index in [0.29, 0.717) is 13.0 Å². The van der Waals surface area contributed by atoms with E-state index in [-0.39, 0.29) is 30.3 Å². The van der Waals surface area contributed by atoms with E-state index in [0.717, 1.165) is 12.0 Å². The third-order valence-corrected chi connectivity index (χ3v) is 4.13. The molecule has 0 fully saturated rings. The van der Waals surface area contributed by atoms with E-state index >= 15 is 0 Å². The van der Waals surface area contributed by atoms with Crippen molar-refractivity contribution in [3.8, 4) is 0 Å². The number of anilines is 1. The smallest absolute Gasteiger partial charge is 0.313 e. The first-order chi connectivity index (χ1) is 13.5. The van der Waals surface area contributed by atoms with Crippen molar-refractivity contribution in [3.63, 3.8) is 0 Å². The average Bonchev–Trinajstić information content (AvgIpc) is 2.72. The van der Waals surface area contributed by atoms with Crippen molar-refractivity contribution in [1.29, 1.82) is 0 Å². The van der Waals surface area contributed by atoms with E-state index in [9.17, 15) is 14.4 Å². The van der Waals surface area contributed by atoms with E-state index in [2.05, 4.69) is 22.9 Å². The Morgan fingerprint density at radius 3 is 2.25 bits per heavy atom. The van der Waals surface area contributed by atoms with Gasteiger partial charge in [-0.3, -0.25) is 14.4 Å². The first-order valence-electron chi connectivity index (χ1n) is 9.20. The fourth-order valence-corrected chi connectivity index (χ4v) is 2.50. The molecule has 0 bridgehead atoms. The summed E-state index contributed by atoms with van der Waals surface area (Å²) < 4.78 is 0. The zero-order valence-corrected chi connectivity index (χ0v) is 15.8. The third kappa shape index (κ3) is 6.21. The second-order valence-electron chi connectivity index (χ2n) is 6.19. The number of aliphatic hydroxyl groups excluding tert-OH is 1. The van der Waals surface area contributed by atoms with Gasteiger partial charge in [0.1, 0.15) is 0 Å². The number of hydrogen-bond acceptors (Lipinski definition) is 4. The summed E-state index contributed by atoms with van der Waals surface area (Å²) in [6.07, 6.45) is 1.31. The summed E-state index contributed by atoms with van der Waals surface area (Å²) in [5.41, 5.74) is 2.71. The molecule has 0 unspecified atom stereocenters. The van der Waals surface area contributed by atoms with Gasteiger partial charge in [0.15, 0.2) is 0 Å². The van der Waals surface area contributed by atoms with Gasteiger partial charge in [0.2, 0.25) is 0 Å². The fraction of sp³-hybridized carbons (Fsp3) is 0.286. The lowest BCUT2D eigenvalue weighted by Crippen LogP contribution is -2.36. The summed E-state index contributed by atoms with van der Waals surface area (Å²) >= 11 is 0. The van der Waals surface area contributed by atoms with Crippen LogP contribution < -0.4 is 16.0 Å². The van der Waals surface area contributed by atoms with E-state index < -0.39 is 11.8 Å². The largest absolute Gasteiger partial charge is 0.396 e. The predicted octanol–water partition coefficient (Wildman–Crippen LogP) is 1.62. The van der Waals surface area contributed by atoms with Crippen molar-refractivity contribution >= 4 is 23.4 Å². The van der Waals surface area contributed by atoms with E-state index in [1.54, 1.807) is 24.3 Å². The molecule has 0 saturated carbocycles. The Bertz CT molecular complexity index is 819. The van der Waals surface area contributed by atoms with Crippen LogP contribution >= 0.6 is 0 Å². The standard InChI is InChI=1S/C21H25N3O4/c1-2-15-8-10-16(11-9-15)14-23-19(26)17-6-3-4-7-18(17)24-21(28)20(27)22-12-5-13-25/h3-4,6-11,25H,2,5,12-14H2,1H3,(H,22,27)(H,23,26)(H,24,28). The third-order valence-electron chi connectivity index (χ3n) is 4.13. The maximum Gasteiger partial charge on any atom is 0.313 e. The van der Waals surface area contributed by atoms with Gasteiger partial charge < -0.3 is 21.1 Å². The molecular weight excluding hydrogens is 358 g/mol. The molecule has 0 aromatic heterocycles. The Hall–Kier alpha value is -3.19. The highest BCUT2D eigenvalue weighted by atomic mass is 16.3. The maximum absolute atomic E-state index is 12.5. The lowest BCUT2D eigenvalue weighted by atomic mass is 10.1. The Balaban J connectivity index is 1.98. The molecule has 0 heterocycles. The molecule has 28 heavy (non-hydrogen) atoms. The van der Waals surface area contributed by atoms with Crippen molar-refractivity contribution in [2.75, 3.05) is 18.5 Å². The molecule has 0 atom stereocenters. The minimum absolute atomic E-state index is 0.0773. The molecule has 148 valence electrons. The molecule has 0 aliphatic rings. The molecule has 0 aliphatic heterocycles. The second kappa shape index (κ2) is 10.8. The van der Waals surface area contributed by atoms with Gasteiger partial charge in [-0.1, -0.05) is 43.3 Å². The molecule has 0 saturated heterocycles. The van der Waals surface area contributed by atoms with Crippen molar-refractivity contribution in [3.05, 3.63) is 65.2 Å². The van der Waals surface area contributed by atoms with Gasteiger partial charge in [-0.05, 0) is 36.1 Å². The van der Waals surface area contributed by atoms with Crippen LogP contribution in [-0.4, -0.2) is 36.0 Å². The second-order valence-corrected chi connectivity index (χ2v) is 6.19. The quantitative estimate of drug-likeness (QED) is 0.410. The van der Waals surface area contributed by atoms with Crippen molar-refractivity contribution in [2.24, 2.45) is 0 Å². The fourth-order valence-electron chi connectivity index (χ4n) is 2.50. The van der Waals surface area contributed by atoms with E-state index in [4.69, 9.17) is 5.11 Å². The Morgan fingerprint density at radius 1 is 0.893 bits per heavy atom. The number of para-hydroxylation sites is 1. The maximum atomic E-state index is 12.5. The summed E-state index contributed by atoms with van der Waals surface area (Å²) in [7, 11) is 0. The number of rotatable bonds is 8. The van der Waals surface area contributed by atoms with Crippen LogP contribution in [0.4, 0.5) is 5.69 Å². The number of carbonyl (C=O) groups excluding carboxylic acids is 3. The van der Waals surface area contributed by atoms with Gasteiger partial charge >= 0.3 is 11.8 Å². The number of hydrogen-bond donors (Lipinski definition) is 4. The molecule has 3 amide bonds. The van der Waals surface area contributed by atoms with Gasteiger partial charge in [-0.25, -0.2) is 0 Å². The number of amides is 3. The summed E-state index contributed by atoms with van der Waals surface area (Å²) in [4.78, 5) is 36.3. The number of carbonyl (C=O) groups is 3. The highest BCUT2D eigenvalue weighted by Gasteiger charge is 2.17. The molecule has 4 N–H and O–H groups in total. The SMILES string of the molecule is CCc1ccc(CNC(=O)c2ccccc2NC(=O)C(=O)NCCCO)cc1. The molecular formula is C21H25N3O4. The van der Waals surface area contributed by atoms with Gasteiger partial charge in [0.25, 0.3) is 5.91 Å². The molecule has 7 nitrogen and oxygen atoms in total. The number of aryl methyl sites for hydroxylation is 1. The zero-order valence-electron chi connectivity index (χ0n) is 15.8. The highest BCUT2D eigenvalue weighted by molar-refractivity contribution is 6.40. The Kier molecular flexibility index (Phi) is 8.17. The molecule has 7 heteroatoms. The predicted molar refractivity (Wildman–Crippen MR) is 107 cm³/mol. The van der Waals surface area contributed by atoms with Crippen molar-refractivity contribution in [2.45, 2.75) is 26.3 Å². The van der Waals surface area contributed by atoms with E-state index in [1.165, 1.54) is 5.56 Å². The van der Waals surface area contributed by atoms with Crippen LogP contribution in [0, 0.1) is 0 Å². The lowest BCUT2D eigenvalue weighted by Gasteiger charge is -2.12. The molecule has 0 radical (unpaired) electrons. The first kappa shape index (κ1) is 21.1. The topological polar surface area (TPSA) is 108 Å². The number of aliphatic hydroxyl groups is 1. The van der Waals surface area contributed by atoms with Crippen molar-refractivity contribution in [1.82, 2.24) is 10.6 Å². The van der Waals surface area contributed by atoms with Crippen LogP contribution in [0.2, 0.25) is 0 Å². The molecule has 0 spiro atoms. The Morgan fingerprint density at radius 2 is 1.57 bits per heavy atom. The van der Waals surface area contributed by atoms with Gasteiger partial charge in [-0.15, -0.1) is 0 Å². The molecule has 2 aromatic carbocycles. The monoisotopic (exact) mass is 383 g/mol. The van der Waals surface area contributed by atoms with Crippen molar-refractivity contribution < 1.29 is 19.5 Å². The highest BCUT2D eigenvalue weighted by Crippen LogP contribution is 2.15. The summed E-state index contributed by atoms with van der Waals surface area (Å²) in [6, 6.07) is 14.4. The Labute approximate surface area is 164 Å². The zero-order chi connectivity index (χ0) is 20.4. The van der Waals surface area contributed by atoms with Gasteiger partial charge in [0, 0.05) is 19.7 Å². The minimum atomic E-state index is -0.867. The average molecular weight is 383 g/mol. The van der Waals surface area contributed by atoms with Crippen LogP contribution in [0.1, 0.15) is 34.8 Å². The minimum Gasteiger partial charge on any atom is -0.396 e. The van der Waals surface area contributed by atoms with Gasteiger partial charge in [-0.2, -0.15) is 0 Å². The summed E-state index contributed by atoms with van der Waals surface area (Å²) in [6.45, 7) is 2.55. The van der Waals surface area contributed by atoms with Crippen LogP contribution in [0.25, 0.3) is 0 Å². The number of benzene rings is 2. The molecule has 0 aliphatic carbocycles. The van der Waals surface area contributed by atoms with Crippen LogP contribution in [0.5, 0.6) is 0 Å². The van der Waals surface area contributed by atoms with Gasteiger partial charge in [0.05, 0.1) is 11.3 Å². The summed E-state index contributed by atoms with van der Waals surface area (Å²) in [5.74, 6) is -2.04. The van der Waals surface area contributed by atoms with Crippen LogP contribution in [0.15, 0.2) is 48.5 Å². The van der Waals surface area contributed by atoms with Crippen LogP contribution in [0.3, 0.4) is 0 Å². The number of nitrogens with one attached hydrogen (secondary N) is 3. The van der Waals surface area contributed by atoms with E-state index in [1.807, 2.05) is 24.3 Å². The summed E-state index contributed by atoms with van der Waals surface area (Å²) in [5, 5.41) is 16.4. The normalized spacial score (nSPS) is 10.2.